The average molecular weight is 584 g/mol. The Hall–Kier alpha value is -4.02. The molecule has 0 unspecified atom stereocenters. The standard InChI is InChI=1S/C31H29N5O3S2/c1-3-36-28(22-17-24(19-11-5-4-6-12-19)32-23-15-9-7-13-20(22)23)34-35-31(36)40-18-26(37)33-29-27(30(38)39-2)21-14-8-10-16-25(21)41-29/h4-7,9,11-13,15,17H,3,8,10,14,16,18H2,1-2H3,(H,33,37). The van der Waals surface area contributed by atoms with Crippen LogP contribution in [0.3, 0.4) is 0 Å². The number of carbonyl (C=O) groups excluding carboxylic acids is 2. The highest BCUT2D eigenvalue weighted by Crippen LogP contribution is 2.39. The number of hydrogen-bond donors (Lipinski definition) is 1. The molecule has 1 aliphatic carbocycles. The molecule has 8 nitrogen and oxygen atoms in total. The van der Waals surface area contributed by atoms with E-state index in [1.54, 1.807) is 0 Å². The minimum absolute atomic E-state index is 0.133. The number of thiophene rings is 1. The van der Waals surface area contributed by atoms with Gasteiger partial charge in [0.05, 0.1) is 29.6 Å². The lowest BCUT2D eigenvalue weighted by molar-refractivity contribution is -0.113. The molecule has 208 valence electrons. The maximum Gasteiger partial charge on any atom is 0.341 e. The molecule has 6 rings (SSSR count). The Morgan fingerprint density at radius 3 is 2.63 bits per heavy atom. The number of amides is 1. The first-order chi connectivity index (χ1) is 20.1. The molecule has 1 aliphatic rings. The topological polar surface area (TPSA) is 99.0 Å². The molecule has 0 saturated heterocycles. The van der Waals surface area contributed by atoms with Gasteiger partial charge in [-0.05, 0) is 50.3 Å². The van der Waals surface area contributed by atoms with E-state index in [1.165, 1.54) is 30.2 Å². The van der Waals surface area contributed by atoms with Crippen molar-refractivity contribution in [3.8, 4) is 22.6 Å². The van der Waals surface area contributed by atoms with Gasteiger partial charge in [0.2, 0.25) is 5.91 Å². The maximum absolute atomic E-state index is 13.1. The van der Waals surface area contributed by atoms with Crippen LogP contribution in [0.4, 0.5) is 5.00 Å². The van der Waals surface area contributed by atoms with E-state index in [9.17, 15) is 9.59 Å². The van der Waals surface area contributed by atoms with Gasteiger partial charge in [-0.25, -0.2) is 9.78 Å². The summed E-state index contributed by atoms with van der Waals surface area (Å²) < 4.78 is 7.07. The molecule has 41 heavy (non-hydrogen) atoms. The average Bonchev–Trinajstić information content (AvgIpc) is 3.60. The molecule has 3 aromatic heterocycles. The van der Waals surface area contributed by atoms with Crippen molar-refractivity contribution in [1.82, 2.24) is 19.7 Å². The van der Waals surface area contributed by atoms with Gasteiger partial charge in [0, 0.05) is 27.9 Å². The number of fused-ring (bicyclic) bond motifs is 2. The van der Waals surface area contributed by atoms with Gasteiger partial charge in [-0.15, -0.1) is 21.5 Å². The molecule has 0 fully saturated rings. The molecule has 1 N–H and O–H groups in total. The summed E-state index contributed by atoms with van der Waals surface area (Å²) in [5.41, 5.74) is 5.22. The number of aromatic nitrogens is 4. The van der Waals surface area contributed by atoms with E-state index in [-0.39, 0.29) is 11.7 Å². The molecule has 0 radical (unpaired) electrons. The number of ether oxygens (including phenoxy) is 1. The van der Waals surface area contributed by atoms with Gasteiger partial charge in [0.15, 0.2) is 11.0 Å². The fourth-order valence-corrected chi connectivity index (χ4v) is 7.36. The zero-order chi connectivity index (χ0) is 28.3. The van der Waals surface area contributed by atoms with Crippen molar-refractivity contribution >= 4 is 50.9 Å². The summed E-state index contributed by atoms with van der Waals surface area (Å²) in [7, 11) is 1.38. The second-order valence-corrected chi connectivity index (χ2v) is 11.8. The number of nitrogens with zero attached hydrogens (tertiary/aromatic N) is 4. The van der Waals surface area contributed by atoms with Crippen LogP contribution in [0.5, 0.6) is 0 Å². The van der Waals surface area contributed by atoms with Crippen LogP contribution < -0.4 is 5.32 Å². The summed E-state index contributed by atoms with van der Waals surface area (Å²) in [4.78, 5) is 31.7. The second-order valence-electron chi connectivity index (χ2n) is 9.73. The van der Waals surface area contributed by atoms with E-state index >= 15 is 0 Å². The first-order valence-electron chi connectivity index (χ1n) is 13.6. The number of thioether (sulfide) groups is 1. The predicted molar refractivity (Wildman–Crippen MR) is 164 cm³/mol. The highest BCUT2D eigenvalue weighted by molar-refractivity contribution is 7.99. The van der Waals surface area contributed by atoms with Crippen molar-refractivity contribution in [3.63, 3.8) is 0 Å². The molecule has 0 atom stereocenters. The van der Waals surface area contributed by atoms with E-state index in [0.717, 1.165) is 69.7 Å². The first-order valence-corrected chi connectivity index (χ1v) is 15.4. The minimum atomic E-state index is -0.401. The van der Waals surface area contributed by atoms with Gasteiger partial charge in [0.25, 0.3) is 0 Å². The van der Waals surface area contributed by atoms with Crippen LogP contribution in [0.2, 0.25) is 0 Å². The largest absolute Gasteiger partial charge is 0.465 e. The lowest BCUT2D eigenvalue weighted by Crippen LogP contribution is -2.17. The number of carbonyl (C=O) groups is 2. The molecule has 3 heterocycles. The van der Waals surface area contributed by atoms with E-state index in [0.29, 0.717) is 22.3 Å². The summed E-state index contributed by atoms with van der Waals surface area (Å²) >= 11 is 2.81. The summed E-state index contributed by atoms with van der Waals surface area (Å²) in [5, 5.41) is 14.2. The maximum atomic E-state index is 13.1. The van der Waals surface area contributed by atoms with E-state index in [2.05, 4.69) is 21.6 Å². The minimum Gasteiger partial charge on any atom is -0.465 e. The molecule has 2 aromatic carbocycles. The molecular weight excluding hydrogens is 555 g/mol. The van der Waals surface area contributed by atoms with Gasteiger partial charge in [0.1, 0.15) is 5.00 Å². The Morgan fingerprint density at radius 1 is 1.05 bits per heavy atom. The number of para-hydroxylation sites is 1. The number of pyridine rings is 1. The Bertz CT molecular complexity index is 1750. The first kappa shape index (κ1) is 27.2. The smallest absolute Gasteiger partial charge is 0.341 e. The number of hydrogen-bond acceptors (Lipinski definition) is 8. The lowest BCUT2D eigenvalue weighted by Gasteiger charge is -2.12. The van der Waals surface area contributed by atoms with Crippen LogP contribution >= 0.6 is 23.1 Å². The van der Waals surface area contributed by atoms with Crippen molar-refractivity contribution < 1.29 is 14.3 Å². The van der Waals surface area contributed by atoms with E-state index in [1.807, 2.05) is 66.1 Å². The van der Waals surface area contributed by atoms with Crippen LogP contribution in [0.15, 0.2) is 65.8 Å². The SMILES string of the molecule is CCn1c(SCC(=O)Nc2sc3c(c2C(=O)OC)CCCC3)nnc1-c1cc(-c2ccccc2)nc2ccccc12. The van der Waals surface area contributed by atoms with Crippen LogP contribution in [0, 0.1) is 0 Å². The summed E-state index contributed by atoms with van der Waals surface area (Å²) in [6.07, 6.45) is 3.88. The van der Waals surface area contributed by atoms with Crippen molar-refractivity contribution in [2.75, 3.05) is 18.2 Å². The molecule has 10 heteroatoms. The number of aryl methyl sites for hydroxylation is 1. The highest BCUT2D eigenvalue weighted by atomic mass is 32.2. The quantitative estimate of drug-likeness (QED) is 0.162. The number of benzene rings is 2. The zero-order valence-electron chi connectivity index (χ0n) is 22.8. The lowest BCUT2D eigenvalue weighted by atomic mass is 9.95. The van der Waals surface area contributed by atoms with Crippen molar-refractivity contribution in [2.45, 2.75) is 44.3 Å². The van der Waals surface area contributed by atoms with Crippen LogP contribution in [-0.4, -0.2) is 44.5 Å². The van der Waals surface area contributed by atoms with Crippen LogP contribution in [0.25, 0.3) is 33.5 Å². The predicted octanol–water partition coefficient (Wildman–Crippen LogP) is 6.64. The normalized spacial score (nSPS) is 12.7. The number of rotatable bonds is 8. The van der Waals surface area contributed by atoms with Gasteiger partial charge >= 0.3 is 5.97 Å². The second kappa shape index (κ2) is 11.8. The summed E-state index contributed by atoms with van der Waals surface area (Å²) in [5.74, 6) is 0.257. The Kier molecular flexibility index (Phi) is 7.84. The molecule has 0 bridgehead atoms. The highest BCUT2D eigenvalue weighted by Gasteiger charge is 2.27. The number of anilines is 1. The molecule has 0 spiro atoms. The third-order valence-electron chi connectivity index (χ3n) is 7.21. The Labute approximate surface area is 246 Å². The Morgan fingerprint density at radius 2 is 1.83 bits per heavy atom. The number of methoxy groups -OCH3 is 1. The molecule has 5 aromatic rings. The summed E-state index contributed by atoms with van der Waals surface area (Å²) in [6, 6.07) is 20.1. The van der Waals surface area contributed by atoms with Gasteiger partial charge in [-0.1, -0.05) is 60.3 Å². The van der Waals surface area contributed by atoms with Crippen LogP contribution in [0.1, 0.15) is 40.6 Å². The third-order valence-corrected chi connectivity index (χ3v) is 9.38. The molecule has 0 aliphatic heterocycles. The van der Waals surface area contributed by atoms with Crippen molar-refractivity contribution in [1.29, 1.82) is 0 Å². The van der Waals surface area contributed by atoms with Gasteiger partial charge < -0.3 is 14.6 Å². The zero-order valence-corrected chi connectivity index (χ0v) is 24.5. The Balaban J connectivity index is 1.27. The van der Waals surface area contributed by atoms with Gasteiger partial charge in [-0.3, -0.25) is 4.79 Å². The van der Waals surface area contributed by atoms with Crippen molar-refractivity contribution in [2.24, 2.45) is 0 Å². The fraction of sp³-hybridized carbons (Fsp3) is 0.258. The van der Waals surface area contributed by atoms with Crippen molar-refractivity contribution in [3.05, 3.63) is 76.7 Å². The molecule has 0 saturated carbocycles. The molecule has 1 amide bonds. The van der Waals surface area contributed by atoms with E-state index < -0.39 is 5.97 Å². The van der Waals surface area contributed by atoms with Gasteiger partial charge in [-0.2, -0.15) is 0 Å². The van der Waals surface area contributed by atoms with E-state index in [4.69, 9.17) is 9.72 Å². The third kappa shape index (κ3) is 5.37. The van der Waals surface area contributed by atoms with Crippen LogP contribution in [-0.2, 0) is 28.9 Å². The summed E-state index contributed by atoms with van der Waals surface area (Å²) in [6.45, 7) is 2.67. The monoisotopic (exact) mass is 583 g/mol. The number of nitrogens with one attached hydrogen (secondary N) is 1. The fourth-order valence-electron chi connectivity index (χ4n) is 5.26. The number of esters is 1. The molecular formula is C31H29N5O3S2.